The van der Waals surface area contributed by atoms with Gasteiger partial charge in [0.2, 0.25) is 5.89 Å². The van der Waals surface area contributed by atoms with Gasteiger partial charge in [-0.25, -0.2) is 0 Å². The van der Waals surface area contributed by atoms with Crippen molar-refractivity contribution in [2.45, 2.75) is 39.8 Å². The van der Waals surface area contributed by atoms with Gasteiger partial charge in [0.1, 0.15) is 0 Å². The summed E-state index contributed by atoms with van der Waals surface area (Å²) in [4.78, 5) is 1.28. The molecule has 0 aromatic carbocycles. The second-order valence-corrected chi connectivity index (χ2v) is 6.13. The van der Waals surface area contributed by atoms with E-state index >= 15 is 0 Å². The van der Waals surface area contributed by atoms with Crippen molar-refractivity contribution in [1.82, 2.24) is 15.5 Å². The average molecular weight is 294 g/mol. The molecule has 0 aliphatic heterocycles. The predicted octanol–water partition coefficient (Wildman–Crippen LogP) is 3.44. The standard InChI is InChI=1S/C14H22N4OS/c1-4-11(12-6-5-7-20-12)16-14-18-17-13(19-14)9-15-8-10(2)3/h5-7,10-11,15H,4,8-9H2,1-3H3,(H,16,18). The minimum absolute atomic E-state index is 0.229. The Hall–Kier alpha value is -1.40. The van der Waals surface area contributed by atoms with Crippen LogP contribution in [0, 0.1) is 5.92 Å². The zero-order chi connectivity index (χ0) is 14.4. The van der Waals surface area contributed by atoms with Crippen molar-refractivity contribution in [1.29, 1.82) is 0 Å². The van der Waals surface area contributed by atoms with Crippen LogP contribution in [0.15, 0.2) is 21.9 Å². The molecule has 1 unspecified atom stereocenters. The number of thiophene rings is 1. The summed E-state index contributed by atoms with van der Waals surface area (Å²) in [6.07, 6.45) is 0.976. The van der Waals surface area contributed by atoms with Crippen LogP contribution in [-0.4, -0.2) is 16.7 Å². The third-order valence-corrected chi connectivity index (χ3v) is 3.87. The quantitative estimate of drug-likeness (QED) is 0.781. The number of nitrogens with one attached hydrogen (secondary N) is 2. The van der Waals surface area contributed by atoms with Crippen molar-refractivity contribution in [3.63, 3.8) is 0 Å². The fourth-order valence-electron chi connectivity index (χ4n) is 1.86. The lowest BCUT2D eigenvalue weighted by atomic mass is 10.2. The van der Waals surface area contributed by atoms with Gasteiger partial charge in [-0.3, -0.25) is 0 Å². The Morgan fingerprint density at radius 3 is 2.85 bits per heavy atom. The SMILES string of the molecule is CCC(Nc1nnc(CNCC(C)C)o1)c1cccs1. The monoisotopic (exact) mass is 294 g/mol. The molecule has 0 saturated carbocycles. The first-order valence-electron chi connectivity index (χ1n) is 7.02. The minimum atomic E-state index is 0.229. The van der Waals surface area contributed by atoms with Crippen molar-refractivity contribution >= 4 is 17.4 Å². The number of nitrogens with zero attached hydrogens (tertiary/aromatic N) is 2. The Balaban J connectivity index is 1.88. The van der Waals surface area contributed by atoms with Crippen molar-refractivity contribution in [2.75, 3.05) is 11.9 Å². The molecule has 110 valence electrons. The predicted molar refractivity (Wildman–Crippen MR) is 81.8 cm³/mol. The molecule has 20 heavy (non-hydrogen) atoms. The highest BCUT2D eigenvalue weighted by Crippen LogP contribution is 2.25. The van der Waals surface area contributed by atoms with Gasteiger partial charge in [0.05, 0.1) is 12.6 Å². The Labute approximate surface area is 123 Å². The van der Waals surface area contributed by atoms with Crippen LogP contribution in [0.2, 0.25) is 0 Å². The lowest BCUT2D eigenvalue weighted by molar-refractivity contribution is 0.455. The summed E-state index contributed by atoms with van der Waals surface area (Å²) in [5.74, 6) is 1.23. The largest absolute Gasteiger partial charge is 0.407 e. The van der Waals surface area contributed by atoms with Gasteiger partial charge in [-0.15, -0.1) is 16.4 Å². The average Bonchev–Trinajstić information content (AvgIpc) is 3.06. The number of hydrogen-bond acceptors (Lipinski definition) is 6. The molecule has 0 radical (unpaired) electrons. The first kappa shape index (κ1) is 15.0. The summed E-state index contributed by atoms with van der Waals surface area (Å²) in [5, 5.41) is 16.8. The molecule has 0 aliphatic rings. The number of rotatable bonds is 8. The molecule has 0 bridgehead atoms. The Morgan fingerprint density at radius 2 is 2.20 bits per heavy atom. The molecule has 6 heteroatoms. The van der Waals surface area contributed by atoms with E-state index in [1.807, 2.05) is 0 Å². The molecular weight excluding hydrogens is 272 g/mol. The van der Waals surface area contributed by atoms with Crippen LogP contribution in [0.3, 0.4) is 0 Å². The molecule has 0 spiro atoms. The number of anilines is 1. The van der Waals surface area contributed by atoms with Crippen molar-refractivity contribution in [2.24, 2.45) is 5.92 Å². The molecule has 0 aliphatic carbocycles. The first-order valence-corrected chi connectivity index (χ1v) is 7.90. The van der Waals surface area contributed by atoms with E-state index in [2.05, 4.69) is 59.1 Å². The Kier molecular flexibility index (Phi) is 5.55. The maximum Gasteiger partial charge on any atom is 0.316 e. The maximum atomic E-state index is 5.60. The maximum absolute atomic E-state index is 5.60. The Bertz CT molecular complexity index is 495. The molecule has 2 heterocycles. The fourth-order valence-corrected chi connectivity index (χ4v) is 2.73. The molecule has 0 saturated heterocycles. The zero-order valence-electron chi connectivity index (χ0n) is 12.2. The normalized spacial score (nSPS) is 12.8. The highest BCUT2D eigenvalue weighted by Gasteiger charge is 2.14. The third kappa shape index (κ3) is 4.31. The highest BCUT2D eigenvalue weighted by atomic mass is 32.1. The van der Waals surface area contributed by atoms with Gasteiger partial charge in [-0.1, -0.05) is 31.9 Å². The van der Waals surface area contributed by atoms with Crippen molar-refractivity contribution < 1.29 is 4.42 Å². The van der Waals surface area contributed by atoms with E-state index < -0.39 is 0 Å². The molecule has 2 rings (SSSR count). The summed E-state index contributed by atoms with van der Waals surface area (Å²) < 4.78 is 5.60. The van der Waals surface area contributed by atoms with Gasteiger partial charge >= 0.3 is 6.01 Å². The van der Waals surface area contributed by atoms with Crippen LogP contribution < -0.4 is 10.6 Å². The second-order valence-electron chi connectivity index (χ2n) is 5.15. The third-order valence-electron chi connectivity index (χ3n) is 2.89. The Morgan fingerprint density at radius 1 is 1.35 bits per heavy atom. The lowest BCUT2D eigenvalue weighted by Crippen LogP contribution is -2.19. The van der Waals surface area contributed by atoms with E-state index in [9.17, 15) is 0 Å². The summed E-state index contributed by atoms with van der Waals surface area (Å²) in [5.41, 5.74) is 0. The first-order chi connectivity index (χ1) is 9.69. The van der Waals surface area contributed by atoms with E-state index in [1.54, 1.807) is 11.3 Å². The number of hydrogen-bond donors (Lipinski definition) is 2. The van der Waals surface area contributed by atoms with E-state index in [0.29, 0.717) is 24.4 Å². The van der Waals surface area contributed by atoms with Crippen LogP contribution in [0.1, 0.15) is 44.0 Å². The van der Waals surface area contributed by atoms with Gasteiger partial charge in [0.25, 0.3) is 0 Å². The van der Waals surface area contributed by atoms with Gasteiger partial charge in [-0.2, -0.15) is 0 Å². The highest BCUT2D eigenvalue weighted by molar-refractivity contribution is 7.10. The molecule has 5 nitrogen and oxygen atoms in total. The van der Waals surface area contributed by atoms with E-state index in [-0.39, 0.29) is 6.04 Å². The second kappa shape index (κ2) is 7.40. The molecule has 0 fully saturated rings. The van der Waals surface area contributed by atoms with Crippen molar-refractivity contribution in [3.05, 3.63) is 28.3 Å². The van der Waals surface area contributed by atoms with Gasteiger partial charge in [-0.05, 0) is 30.3 Å². The minimum Gasteiger partial charge on any atom is -0.407 e. The lowest BCUT2D eigenvalue weighted by Gasteiger charge is -2.12. The molecule has 1 atom stereocenters. The van der Waals surface area contributed by atoms with E-state index in [0.717, 1.165) is 13.0 Å². The zero-order valence-corrected chi connectivity index (χ0v) is 13.0. The van der Waals surface area contributed by atoms with Crippen LogP contribution in [0.25, 0.3) is 0 Å². The summed E-state index contributed by atoms with van der Waals surface area (Å²) in [6.45, 7) is 8.03. The van der Waals surface area contributed by atoms with Crippen LogP contribution >= 0.6 is 11.3 Å². The summed E-state index contributed by atoms with van der Waals surface area (Å²) >= 11 is 1.73. The summed E-state index contributed by atoms with van der Waals surface area (Å²) in [7, 11) is 0. The van der Waals surface area contributed by atoms with Crippen LogP contribution in [0.5, 0.6) is 0 Å². The van der Waals surface area contributed by atoms with Gasteiger partial charge in [0, 0.05) is 4.88 Å². The summed E-state index contributed by atoms with van der Waals surface area (Å²) in [6, 6.07) is 4.89. The van der Waals surface area contributed by atoms with Crippen LogP contribution in [-0.2, 0) is 6.54 Å². The van der Waals surface area contributed by atoms with Gasteiger partial charge in [0.15, 0.2) is 0 Å². The molecule has 0 amide bonds. The molecule has 2 N–H and O–H groups in total. The topological polar surface area (TPSA) is 63.0 Å². The van der Waals surface area contributed by atoms with Gasteiger partial charge < -0.3 is 15.1 Å². The van der Waals surface area contributed by atoms with E-state index in [1.165, 1.54) is 4.88 Å². The van der Waals surface area contributed by atoms with Crippen molar-refractivity contribution in [3.8, 4) is 0 Å². The fraction of sp³-hybridized carbons (Fsp3) is 0.571. The molecule has 2 aromatic heterocycles. The number of aromatic nitrogens is 2. The molecular formula is C14H22N4OS. The molecule has 2 aromatic rings. The smallest absolute Gasteiger partial charge is 0.316 e. The van der Waals surface area contributed by atoms with Crippen LogP contribution in [0.4, 0.5) is 6.01 Å². The van der Waals surface area contributed by atoms with E-state index in [4.69, 9.17) is 4.42 Å².